The zero-order valence-corrected chi connectivity index (χ0v) is 17.7. The minimum Gasteiger partial charge on any atom is -0.335 e. The maximum Gasteiger partial charge on any atom is 0.318 e. The zero-order chi connectivity index (χ0) is 20.4. The first-order valence-electron chi connectivity index (χ1n) is 11.2. The lowest BCUT2D eigenvalue weighted by atomic mass is 9.96. The molecule has 0 atom stereocenters. The molecule has 4 rings (SSSR count). The number of fused-ring (bicyclic) bond motifs is 1. The van der Waals surface area contributed by atoms with Crippen LogP contribution in [-0.2, 0) is 6.54 Å². The van der Waals surface area contributed by atoms with Crippen LogP contribution in [0.4, 0.5) is 4.79 Å². The van der Waals surface area contributed by atoms with Gasteiger partial charge in [-0.3, -0.25) is 4.79 Å². The summed E-state index contributed by atoms with van der Waals surface area (Å²) in [6.07, 6.45) is 10.2. The van der Waals surface area contributed by atoms with Crippen molar-refractivity contribution in [2.75, 3.05) is 0 Å². The van der Waals surface area contributed by atoms with E-state index in [1.54, 1.807) is 0 Å². The topological polar surface area (TPSA) is 65.2 Å². The number of aryl methyl sites for hydroxylation is 2. The summed E-state index contributed by atoms with van der Waals surface area (Å²) >= 11 is 0. The van der Waals surface area contributed by atoms with E-state index in [0.717, 1.165) is 60.6 Å². The third kappa shape index (κ3) is 4.49. The summed E-state index contributed by atoms with van der Waals surface area (Å²) in [7, 11) is 0. The molecular weight excluding hydrogens is 362 g/mol. The smallest absolute Gasteiger partial charge is 0.318 e. The Morgan fingerprint density at radius 2 is 1.72 bits per heavy atom. The number of nitrogens with one attached hydrogen (secondary N) is 2. The number of urea groups is 1. The highest BCUT2D eigenvalue weighted by atomic mass is 16.2. The van der Waals surface area contributed by atoms with Crippen LogP contribution in [0.5, 0.6) is 0 Å². The van der Waals surface area contributed by atoms with Gasteiger partial charge < -0.3 is 15.2 Å². The molecule has 1 aromatic carbocycles. The molecule has 2 aliphatic rings. The second-order valence-electron chi connectivity index (χ2n) is 9.02. The number of aromatic nitrogens is 1. The maximum atomic E-state index is 13.2. The Bertz CT molecular complexity index is 937. The Labute approximate surface area is 172 Å². The van der Waals surface area contributed by atoms with Gasteiger partial charge in [0.25, 0.3) is 5.56 Å². The van der Waals surface area contributed by atoms with Crippen molar-refractivity contribution in [2.45, 2.75) is 90.3 Å². The van der Waals surface area contributed by atoms with Gasteiger partial charge in [0.1, 0.15) is 0 Å². The molecule has 2 amide bonds. The SMILES string of the molecule is Cc1cc(C)c2cc(CN(C(=O)NC3CCCCC3)C3CCCC3)c(=O)[nH]c2c1. The number of carbonyl (C=O) groups is 1. The monoisotopic (exact) mass is 395 g/mol. The van der Waals surface area contributed by atoms with Gasteiger partial charge in [-0.25, -0.2) is 4.79 Å². The highest BCUT2D eigenvalue weighted by Crippen LogP contribution is 2.26. The van der Waals surface area contributed by atoms with E-state index in [0.29, 0.717) is 12.1 Å². The van der Waals surface area contributed by atoms with E-state index in [1.807, 2.05) is 24.0 Å². The first-order chi connectivity index (χ1) is 14.0. The van der Waals surface area contributed by atoms with Crippen molar-refractivity contribution in [1.29, 1.82) is 0 Å². The standard InChI is InChI=1S/C24H33N3O2/c1-16-12-17(2)21-14-18(23(28)26-22(21)13-16)15-27(20-10-6-7-11-20)24(29)25-19-8-4-3-5-9-19/h12-14,19-20H,3-11,15H2,1-2H3,(H,25,29)(H,26,28). The molecule has 1 aromatic heterocycles. The van der Waals surface area contributed by atoms with Gasteiger partial charge >= 0.3 is 6.03 Å². The number of hydrogen-bond donors (Lipinski definition) is 2. The van der Waals surface area contributed by atoms with Gasteiger partial charge in [0, 0.05) is 28.6 Å². The van der Waals surface area contributed by atoms with Gasteiger partial charge in [0.05, 0.1) is 6.54 Å². The highest BCUT2D eigenvalue weighted by Gasteiger charge is 2.29. The number of hydrogen-bond acceptors (Lipinski definition) is 2. The van der Waals surface area contributed by atoms with E-state index >= 15 is 0 Å². The molecule has 0 unspecified atom stereocenters. The second kappa shape index (κ2) is 8.60. The van der Waals surface area contributed by atoms with Crippen molar-refractivity contribution in [3.63, 3.8) is 0 Å². The predicted octanol–water partition coefficient (Wildman–Crippen LogP) is 4.93. The maximum absolute atomic E-state index is 13.2. The molecule has 1 heterocycles. The van der Waals surface area contributed by atoms with Crippen LogP contribution in [0, 0.1) is 13.8 Å². The zero-order valence-electron chi connectivity index (χ0n) is 17.7. The minimum atomic E-state index is -0.0871. The normalized spacial score (nSPS) is 18.3. The Morgan fingerprint density at radius 3 is 2.45 bits per heavy atom. The number of carbonyl (C=O) groups excluding carboxylic acids is 1. The third-order valence-corrected chi connectivity index (χ3v) is 6.69. The van der Waals surface area contributed by atoms with Gasteiger partial charge in [-0.1, -0.05) is 38.2 Å². The second-order valence-corrected chi connectivity index (χ2v) is 9.02. The fraction of sp³-hybridized carbons (Fsp3) is 0.583. The van der Waals surface area contributed by atoms with Crippen LogP contribution in [0.3, 0.4) is 0 Å². The number of aromatic amines is 1. The van der Waals surface area contributed by atoms with E-state index in [-0.39, 0.29) is 23.7 Å². The van der Waals surface area contributed by atoms with Crippen molar-refractivity contribution in [2.24, 2.45) is 0 Å². The van der Waals surface area contributed by atoms with Crippen LogP contribution in [0.15, 0.2) is 23.0 Å². The molecular formula is C24H33N3O2. The first kappa shape index (κ1) is 20.0. The molecule has 29 heavy (non-hydrogen) atoms. The molecule has 0 bridgehead atoms. The van der Waals surface area contributed by atoms with Crippen LogP contribution in [0.25, 0.3) is 10.9 Å². The summed E-state index contributed by atoms with van der Waals surface area (Å²) in [6, 6.07) is 6.64. The van der Waals surface area contributed by atoms with Crippen LogP contribution < -0.4 is 10.9 Å². The fourth-order valence-electron chi connectivity index (χ4n) is 5.10. The Morgan fingerprint density at radius 1 is 1.03 bits per heavy atom. The molecule has 0 spiro atoms. The summed E-state index contributed by atoms with van der Waals surface area (Å²) in [5.74, 6) is 0. The van der Waals surface area contributed by atoms with E-state index in [9.17, 15) is 9.59 Å². The summed E-state index contributed by atoms with van der Waals surface area (Å²) in [6.45, 7) is 4.49. The Kier molecular flexibility index (Phi) is 5.93. The molecule has 2 saturated carbocycles. The van der Waals surface area contributed by atoms with E-state index in [4.69, 9.17) is 0 Å². The lowest BCUT2D eigenvalue weighted by molar-refractivity contribution is 0.164. The highest BCUT2D eigenvalue weighted by molar-refractivity contribution is 5.83. The van der Waals surface area contributed by atoms with Crippen molar-refractivity contribution >= 4 is 16.9 Å². The molecule has 0 radical (unpaired) electrons. The van der Waals surface area contributed by atoms with Crippen LogP contribution >= 0.6 is 0 Å². The van der Waals surface area contributed by atoms with Crippen molar-refractivity contribution in [3.05, 3.63) is 45.2 Å². The quantitative estimate of drug-likeness (QED) is 0.771. The van der Waals surface area contributed by atoms with Crippen LogP contribution in [0.2, 0.25) is 0 Å². The fourth-order valence-corrected chi connectivity index (χ4v) is 5.10. The van der Waals surface area contributed by atoms with Crippen LogP contribution in [-0.4, -0.2) is 28.0 Å². The average molecular weight is 396 g/mol. The van der Waals surface area contributed by atoms with Crippen molar-refractivity contribution in [3.8, 4) is 0 Å². The van der Waals surface area contributed by atoms with Gasteiger partial charge in [0.15, 0.2) is 0 Å². The molecule has 156 valence electrons. The molecule has 0 saturated heterocycles. The van der Waals surface area contributed by atoms with Crippen LogP contribution in [0.1, 0.15) is 74.5 Å². The van der Waals surface area contributed by atoms with Crippen molar-refractivity contribution < 1.29 is 4.79 Å². The number of benzene rings is 1. The lowest BCUT2D eigenvalue weighted by Gasteiger charge is -2.32. The molecule has 5 heteroatoms. The molecule has 2 aliphatic carbocycles. The number of amides is 2. The number of rotatable bonds is 4. The first-order valence-corrected chi connectivity index (χ1v) is 11.2. The Balaban J connectivity index is 1.60. The summed E-state index contributed by atoms with van der Waals surface area (Å²) in [5, 5.41) is 4.33. The average Bonchev–Trinajstić information content (AvgIpc) is 3.21. The minimum absolute atomic E-state index is 0.00363. The number of pyridine rings is 1. The lowest BCUT2D eigenvalue weighted by Crippen LogP contribution is -2.49. The molecule has 2 fully saturated rings. The number of H-pyrrole nitrogens is 1. The van der Waals surface area contributed by atoms with E-state index < -0.39 is 0 Å². The molecule has 0 aliphatic heterocycles. The van der Waals surface area contributed by atoms with Gasteiger partial charge in [0.2, 0.25) is 0 Å². The molecule has 2 N–H and O–H groups in total. The summed E-state index contributed by atoms with van der Waals surface area (Å²) in [5.41, 5.74) is 3.75. The molecule has 5 nitrogen and oxygen atoms in total. The molecule has 2 aromatic rings. The summed E-state index contributed by atoms with van der Waals surface area (Å²) < 4.78 is 0. The van der Waals surface area contributed by atoms with Gasteiger partial charge in [-0.15, -0.1) is 0 Å². The third-order valence-electron chi connectivity index (χ3n) is 6.69. The summed E-state index contributed by atoms with van der Waals surface area (Å²) in [4.78, 5) is 31.0. The van der Waals surface area contributed by atoms with Gasteiger partial charge in [-0.2, -0.15) is 0 Å². The number of nitrogens with zero attached hydrogens (tertiary/aromatic N) is 1. The Hall–Kier alpha value is -2.30. The largest absolute Gasteiger partial charge is 0.335 e. The van der Waals surface area contributed by atoms with Gasteiger partial charge in [-0.05, 0) is 62.8 Å². The van der Waals surface area contributed by atoms with E-state index in [1.165, 1.54) is 19.3 Å². The van der Waals surface area contributed by atoms with E-state index in [2.05, 4.69) is 23.3 Å². The van der Waals surface area contributed by atoms with Crippen molar-refractivity contribution in [1.82, 2.24) is 15.2 Å². The predicted molar refractivity (Wildman–Crippen MR) is 117 cm³/mol.